The smallest absolute Gasteiger partial charge is 0.303 e. The first-order chi connectivity index (χ1) is 15.3. The summed E-state index contributed by atoms with van der Waals surface area (Å²) in [6, 6.07) is 12.1. The Balaban J connectivity index is 1.65. The molecule has 0 radical (unpaired) electrons. The fraction of sp³-hybridized carbons (Fsp3) is 0.385. The number of nitrogens with zero attached hydrogens (tertiary/aromatic N) is 2. The number of ether oxygens (including phenoxy) is 1. The molecule has 0 unspecified atom stereocenters. The molecule has 1 N–H and O–H groups in total. The van der Waals surface area contributed by atoms with Crippen molar-refractivity contribution in [1.29, 1.82) is 0 Å². The zero-order valence-electron chi connectivity index (χ0n) is 19.6. The van der Waals surface area contributed by atoms with Gasteiger partial charge in [-0.3, -0.25) is 4.79 Å². The van der Waals surface area contributed by atoms with Crippen molar-refractivity contribution >= 4 is 11.7 Å². The number of oxazole rings is 1. The second-order valence-electron chi connectivity index (χ2n) is 8.19. The lowest BCUT2D eigenvalue weighted by Crippen LogP contribution is -2.10. The van der Waals surface area contributed by atoms with Crippen LogP contribution in [-0.4, -0.2) is 36.8 Å². The third-order valence-electron chi connectivity index (χ3n) is 5.60. The predicted octanol–water partition coefficient (Wildman–Crippen LogP) is 5.23. The lowest BCUT2D eigenvalue weighted by Gasteiger charge is -2.16. The summed E-state index contributed by atoms with van der Waals surface area (Å²) in [4.78, 5) is 17.6. The number of carboxylic acid groups (broad SMARTS) is 1. The SMILES string of the molecule is CCc1cc(OCCc2nc(-c3ccc(C)c(N(C)C)c3)oc2C)ccc1CCC(=O)O. The van der Waals surface area contributed by atoms with Gasteiger partial charge in [-0.15, -0.1) is 0 Å². The number of aliphatic carboxylic acids is 1. The molecule has 0 amide bonds. The Kier molecular flexibility index (Phi) is 7.57. The zero-order chi connectivity index (χ0) is 23.3. The maximum atomic E-state index is 10.9. The Morgan fingerprint density at radius 2 is 1.88 bits per heavy atom. The summed E-state index contributed by atoms with van der Waals surface area (Å²) < 4.78 is 11.9. The zero-order valence-corrected chi connectivity index (χ0v) is 19.6. The third-order valence-corrected chi connectivity index (χ3v) is 5.60. The average molecular weight is 437 g/mol. The van der Waals surface area contributed by atoms with Crippen LogP contribution in [0.5, 0.6) is 5.75 Å². The van der Waals surface area contributed by atoms with E-state index in [9.17, 15) is 4.79 Å². The minimum absolute atomic E-state index is 0.137. The molecule has 3 aromatic rings. The molecule has 0 bridgehead atoms. The van der Waals surface area contributed by atoms with Crippen molar-refractivity contribution in [2.75, 3.05) is 25.6 Å². The first kappa shape index (κ1) is 23.4. The van der Waals surface area contributed by atoms with Gasteiger partial charge in [-0.1, -0.05) is 19.1 Å². The van der Waals surface area contributed by atoms with E-state index >= 15 is 0 Å². The Bertz CT molecular complexity index is 1090. The van der Waals surface area contributed by atoms with Gasteiger partial charge in [-0.2, -0.15) is 0 Å². The van der Waals surface area contributed by atoms with Gasteiger partial charge >= 0.3 is 5.97 Å². The number of hydrogen-bond acceptors (Lipinski definition) is 5. The number of hydrogen-bond donors (Lipinski definition) is 1. The fourth-order valence-electron chi connectivity index (χ4n) is 3.78. The van der Waals surface area contributed by atoms with Crippen LogP contribution >= 0.6 is 0 Å². The van der Waals surface area contributed by atoms with Gasteiger partial charge in [0.05, 0.1) is 12.3 Å². The first-order valence-electron chi connectivity index (χ1n) is 11.0. The Labute approximate surface area is 189 Å². The molecule has 0 atom stereocenters. The van der Waals surface area contributed by atoms with E-state index in [4.69, 9.17) is 19.2 Å². The summed E-state index contributed by atoms with van der Waals surface area (Å²) >= 11 is 0. The highest BCUT2D eigenvalue weighted by Crippen LogP contribution is 2.28. The number of benzene rings is 2. The highest BCUT2D eigenvalue weighted by Gasteiger charge is 2.14. The molecule has 6 nitrogen and oxygen atoms in total. The van der Waals surface area contributed by atoms with Gasteiger partial charge in [0.15, 0.2) is 0 Å². The van der Waals surface area contributed by atoms with E-state index < -0.39 is 5.97 Å². The molecule has 0 fully saturated rings. The van der Waals surface area contributed by atoms with Crippen LogP contribution in [0.15, 0.2) is 40.8 Å². The molecule has 32 heavy (non-hydrogen) atoms. The number of aryl methyl sites for hydroxylation is 4. The summed E-state index contributed by atoms with van der Waals surface area (Å²) in [5.41, 5.74) is 6.38. The maximum Gasteiger partial charge on any atom is 0.303 e. The van der Waals surface area contributed by atoms with Crippen LogP contribution in [0.4, 0.5) is 5.69 Å². The van der Waals surface area contributed by atoms with Crippen molar-refractivity contribution in [1.82, 2.24) is 4.98 Å². The molecule has 1 heterocycles. The van der Waals surface area contributed by atoms with E-state index in [0.717, 1.165) is 46.0 Å². The van der Waals surface area contributed by atoms with Crippen LogP contribution < -0.4 is 9.64 Å². The Hall–Kier alpha value is -3.28. The molecule has 0 aliphatic heterocycles. The standard InChI is InChI=1S/C26H32N2O4/c1-6-19-15-22(11-9-20(19)10-12-25(29)30)31-14-13-23-18(3)32-26(27-23)21-8-7-17(2)24(16-21)28(4)5/h7-9,11,15-16H,6,10,12-14H2,1-5H3,(H,29,30). The van der Waals surface area contributed by atoms with E-state index in [2.05, 4.69) is 30.9 Å². The molecule has 3 rings (SSSR count). The molecular formula is C26H32N2O4. The molecule has 6 heteroatoms. The minimum Gasteiger partial charge on any atom is -0.493 e. The molecule has 0 saturated heterocycles. The third kappa shape index (κ3) is 5.69. The lowest BCUT2D eigenvalue weighted by atomic mass is 10.0. The highest BCUT2D eigenvalue weighted by molar-refractivity contribution is 5.67. The van der Waals surface area contributed by atoms with Crippen molar-refractivity contribution in [3.63, 3.8) is 0 Å². The summed E-state index contributed by atoms with van der Waals surface area (Å²) in [7, 11) is 4.05. The summed E-state index contributed by atoms with van der Waals surface area (Å²) in [5.74, 6) is 1.43. The number of anilines is 1. The maximum absolute atomic E-state index is 10.9. The Morgan fingerprint density at radius 3 is 2.56 bits per heavy atom. The number of rotatable bonds is 10. The monoisotopic (exact) mass is 436 g/mol. The molecule has 0 aliphatic carbocycles. The minimum atomic E-state index is -0.779. The highest BCUT2D eigenvalue weighted by atomic mass is 16.5. The van der Waals surface area contributed by atoms with E-state index in [1.807, 2.05) is 45.3 Å². The summed E-state index contributed by atoms with van der Waals surface area (Å²) in [6.07, 6.45) is 2.15. The predicted molar refractivity (Wildman–Crippen MR) is 127 cm³/mol. The van der Waals surface area contributed by atoms with Crippen LogP contribution in [0.2, 0.25) is 0 Å². The van der Waals surface area contributed by atoms with Crippen molar-refractivity contribution in [2.24, 2.45) is 0 Å². The number of carbonyl (C=O) groups is 1. The van der Waals surface area contributed by atoms with Gasteiger partial charge in [-0.05, 0) is 67.6 Å². The molecular weight excluding hydrogens is 404 g/mol. The van der Waals surface area contributed by atoms with Crippen LogP contribution in [0.1, 0.15) is 41.5 Å². The van der Waals surface area contributed by atoms with Crippen LogP contribution in [0.25, 0.3) is 11.5 Å². The van der Waals surface area contributed by atoms with E-state index in [1.54, 1.807) is 0 Å². The van der Waals surface area contributed by atoms with Crippen molar-refractivity contribution in [2.45, 2.75) is 46.5 Å². The van der Waals surface area contributed by atoms with Gasteiger partial charge in [0.25, 0.3) is 0 Å². The quantitative estimate of drug-likeness (QED) is 0.469. The van der Waals surface area contributed by atoms with Crippen molar-refractivity contribution in [3.05, 3.63) is 64.5 Å². The molecule has 0 spiro atoms. The van der Waals surface area contributed by atoms with Gasteiger partial charge in [-0.25, -0.2) is 4.98 Å². The van der Waals surface area contributed by atoms with Gasteiger partial charge in [0, 0.05) is 38.2 Å². The van der Waals surface area contributed by atoms with Crippen molar-refractivity contribution in [3.8, 4) is 17.2 Å². The topological polar surface area (TPSA) is 75.8 Å². The average Bonchev–Trinajstić information content (AvgIpc) is 3.13. The number of carboxylic acids is 1. The van der Waals surface area contributed by atoms with E-state index in [-0.39, 0.29) is 6.42 Å². The molecule has 0 aliphatic rings. The first-order valence-corrected chi connectivity index (χ1v) is 11.0. The van der Waals surface area contributed by atoms with Gasteiger partial charge in [0.1, 0.15) is 11.5 Å². The summed E-state index contributed by atoms with van der Waals surface area (Å²) in [5, 5.41) is 8.92. The molecule has 2 aromatic carbocycles. The molecule has 1 aromatic heterocycles. The number of aromatic nitrogens is 1. The second kappa shape index (κ2) is 10.4. The fourth-order valence-corrected chi connectivity index (χ4v) is 3.78. The van der Waals surface area contributed by atoms with E-state index in [1.165, 1.54) is 5.56 Å². The van der Waals surface area contributed by atoms with Gasteiger partial charge in [0.2, 0.25) is 5.89 Å². The van der Waals surface area contributed by atoms with Crippen LogP contribution in [0.3, 0.4) is 0 Å². The lowest BCUT2D eigenvalue weighted by molar-refractivity contribution is -0.136. The summed E-state index contributed by atoms with van der Waals surface area (Å²) in [6.45, 7) is 6.57. The molecule has 170 valence electrons. The van der Waals surface area contributed by atoms with Gasteiger partial charge < -0.3 is 19.2 Å². The van der Waals surface area contributed by atoms with E-state index in [0.29, 0.717) is 25.3 Å². The molecule has 0 saturated carbocycles. The van der Waals surface area contributed by atoms with Crippen molar-refractivity contribution < 1.29 is 19.1 Å². The van der Waals surface area contributed by atoms with Crippen LogP contribution in [0, 0.1) is 13.8 Å². The Morgan fingerprint density at radius 1 is 1.09 bits per heavy atom. The van der Waals surface area contributed by atoms with Crippen LogP contribution in [-0.2, 0) is 24.1 Å². The largest absolute Gasteiger partial charge is 0.493 e. The second-order valence-corrected chi connectivity index (χ2v) is 8.19. The normalized spacial score (nSPS) is 10.9.